The van der Waals surface area contributed by atoms with Crippen molar-refractivity contribution in [3.8, 4) is 0 Å². The third-order valence-electron chi connectivity index (χ3n) is 5.74. The minimum atomic E-state index is -0.517. The van der Waals surface area contributed by atoms with Gasteiger partial charge in [-0.1, -0.05) is 42.5 Å². The standard InChI is InChI=1S/C27H36N4O3/c1-20(2)31-18-22(25(33)28-27(3,4)5)24(32)23(19-31)26(34)30-16-14-29(15-17-30)13-9-12-21-10-7-6-8-11-21/h6-12,18-20H,13-17H2,1-5H3,(H,28,33)/b12-9+. The number of piperazine rings is 1. The van der Waals surface area contributed by atoms with Gasteiger partial charge in [-0.25, -0.2) is 0 Å². The normalized spacial score (nSPS) is 15.2. The molecule has 1 aromatic carbocycles. The second kappa shape index (κ2) is 10.8. The Morgan fingerprint density at radius 3 is 2.21 bits per heavy atom. The summed E-state index contributed by atoms with van der Waals surface area (Å²) in [4.78, 5) is 43.2. The SMILES string of the molecule is CC(C)n1cc(C(=O)NC(C)(C)C)c(=O)c(C(=O)N2CCN(C/C=C/c3ccccc3)CC2)c1. The molecule has 0 atom stereocenters. The van der Waals surface area contributed by atoms with Gasteiger partial charge in [-0.15, -0.1) is 0 Å². The molecule has 0 saturated carbocycles. The van der Waals surface area contributed by atoms with Crippen LogP contribution in [0.2, 0.25) is 0 Å². The van der Waals surface area contributed by atoms with Crippen LogP contribution >= 0.6 is 0 Å². The van der Waals surface area contributed by atoms with E-state index in [2.05, 4.69) is 34.5 Å². The molecule has 1 aliphatic heterocycles. The molecule has 182 valence electrons. The summed E-state index contributed by atoms with van der Waals surface area (Å²) in [5.74, 6) is -0.777. The van der Waals surface area contributed by atoms with Crippen molar-refractivity contribution in [3.05, 3.63) is 75.7 Å². The maximum Gasteiger partial charge on any atom is 0.259 e. The molecule has 34 heavy (non-hydrogen) atoms. The molecule has 1 saturated heterocycles. The monoisotopic (exact) mass is 464 g/mol. The number of hydrogen-bond donors (Lipinski definition) is 1. The number of pyridine rings is 1. The van der Waals surface area contributed by atoms with Crippen molar-refractivity contribution in [1.29, 1.82) is 0 Å². The van der Waals surface area contributed by atoms with Crippen molar-refractivity contribution in [1.82, 2.24) is 19.7 Å². The molecule has 0 unspecified atom stereocenters. The average molecular weight is 465 g/mol. The van der Waals surface area contributed by atoms with E-state index in [0.29, 0.717) is 13.1 Å². The minimum absolute atomic E-state index is 0.000778. The molecule has 1 aliphatic rings. The number of nitrogens with one attached hydrogen (secondary N) is 1. The van der Waals surface area contributed by atoms with E-state index in [9.17, 15) is 14.4 Å². The molecule has 1 fully saturated rings. The number of benzene rings is 1. The van der Waals surface area contributed by atoms with Crippen LogP contribution in [0.15, 0.2) is 53.6 Å². The van der Waals surface area contributed by atoms with E-state index in [-0.39, 0.29) is 23.1 Å². The lowest BCUT2D eigenvalue weighted by Gasteiger charge is -2.34. The van der Waals surface area contributed by atoms with Crippen molar-refractivity contribution in [2.24, 2.45) is 0 Å². The second-order valence-electron chi connectivity index (χ2n) is 10.1. The van der Waals surface area contributed by atoms with E-state index < -0.39 is 16.9 Å². The molecule has 2 aromatic rings. The second-order valence-corrected chi connectivity index (χ2v) is 10.1. The summed E-state index contributed by atoms with van der Waals surface area (Å²) in [5.41, 5.74) is 0.203. The van der Waals surface area contributed by atoms with Gasteiger partial charge in [0.05, 0.1) is 0 Å². The Hall–Kier alpha value is -3.19. The summed E-state index contributed by atoms with van der Waals surface area (Å²) < 4.78 is 1.76. The molecular weight excluding hydrogens is 428 g/mol. The number of rotatable bonds is 6. The van der Waals surface area contributed by atoms with Gasteiger partial charge in [-0.05, 0) is 40.2 Å². The molecule has 3 rings (SSSR count). The first-order valence-corrected chi connectivity index (χ1v) is 11.9. The van der Waals surface area contributed by atoms with Gasteiger partial charge < -0.3 is 14.8 Å². The zero-order chi connectivity index (χ0) is 24.9. The Balaban J connectivity index is 1.71. The van der Waals surface area contributed by atoms with Crippen LogP contribution in [0.25, 0.3) is 6.08 Å². The molecular formula is C27H36N4O3. The van der Waals surface area contributed by atoms with Crippen LogP contribution in [-0.2, 0) is 0 Å². The lowest BCUT2D eigenvalue weighted by molar-refractivity contribution is 0.0648. The predicted octanol–water partition coefficient (Wildman–Crippen LogP) is 3.43. The highest BCUT2D eigenvalue weighted by molar-refractivity contribution is 5.99. The van der Waals surface area contributed by atoms with Gasteiger partial charge in [0, 0.05) is 56.7 Å². The van der Waals surface area contributed by atoms with E-state index in [1.165, 1.54) is 0 Å². The van der Waals surface area contributed by atoms with Crippen LogP contribution in [0.3, 0.4) is 0 Å². The Bertz CT molecular complexity index is 1090. The number of carbonyl (C=O) groups is 2. The summed E-state index contributed by atoms with van der Waals surface area (Å²) in [6.07, 6.45) is 7.35. The van der Waals surface area contributed by atoms with Gasteiger partial charge in [-0.2, -0.15) is 0 Å². The van der Waals surface area contributed by atoms with Gasteiger partial charge in [0.15, 0.2) is 0 Å². The fourth-order valence-corrected chi connectivity index (χ4v) is 3.82. The van der Waals surface area contributed by atoms with E-state index >= 15 is 0 Å². The molecule has 0 bridgehead atoms. The maximum atomic E-state index is 13.3. The highest BCUT2D eigenvalue weighted by Crippen LogP contribution is 2.12. The summed E-state index contributed by atoms with van der Waals surface area (Å²) in [6, 6.07) is 10.1. The van der Waals surface area contributed by atoms with E-state index in [1.54, 1.807) is 21.9 Å². The van der Waals surface area contributed by atoms with Crippen molar-refractivity contribution in [3.63, 3.8) is 0 Å². The van der Waals surface area contributed by atoms with Crippen molar-refractivity contribution >= 4 is 17.9 Å². The van der Waals surface area contributed by atoms with E-state index in [1.807, 2.05) is 52.8 Å². The Labute approximate surface area is 202 Å². The largest absolute Gasteiger partial charge is 0.350 e. The first-order chi connectivity index (χ1) is 16.0. The minimum Gasteiger partial charge on any atom is -0.350 e. The number of hydrogen-bond acceptors (Lipinski definition) is 4. The van der Waals surface area contributed by atoms with Crippen molar-refractivity contribution < 1.29 is 9.59 Å². The van der Waals surface area contributed by atoms with Crippen LogP contribution in [0.5, 0.6) is 0 Å². The molecule has 1 N–H and O–H groups in total. The van der Waals surface area contributed by atoms with Crippen LogP contribution in [-0.4, -0.2) is 64.4 Å². The lowest BCUT2D eigenvalue weighted by atomic mass is 10.1. The predicted molar refractivity (Wildman–Crippen MR) is 136 cm³/mol. The maximum absolute atomic E-state index is 13.3. The van der Waals surface area contributed by atoms with Gasteiger partial charge in [0.25, 0.3) is 11.8 Å². The van der Waals surface area contributed by atoms with E-state index in [4.69, 9.17) is 0 Å². The number of amides is 2. The van der Waals surface area contributed by atoms with Crippen molar-refractivity contribution in [2.45, 2.75) is 46.2 Å². The summed E-state index contributed by atoms with van der Waals surface area (Å²) in [7, 11) is 0. The van der Waals surface area contributed by atoms with Crippen LogP contribution in [0, 0.1) is 0 Å². The Kier molecular flexibility index (Phi) is 8.10. The number of aromatic nitrogens is 1. The first kappa shape index (κ1) is 25.4. The highest BCUT2D eigenvalue weighted by Gasteiger charge is 2.27. The first-order valence-electron chi connectivity index (χ1n) is 11.9. The van der Waals surface area contributed by atoms with Crippen molar-refractivity contribution in [2.75, 3.05) is 32.7 Å². The molecule has 2 amide bonds. The average Bonchev–Trinajstić information content (AvgIpc) is 2.78. The highest BCUT2D eigenvalue weighted by atomic mass is 16.2. The topological polar surface area (TPSA) is 74.6 Å². The fraction of sp³-hybridized carbons (Fsp3) is 0.444. The number of carbonyl (C=O) groups excluding carboxylic acids is 2. The molecule has 7 nitrogen and oxygen atoms in total. The Morgan fingerprint density at radius 2 is 1.62 bits per heavy atom. The molecule has 0 aliphatic carbocycles. The molecule has 1 aromatic heterocycles. The third kappa shape index (κ3) is 6.67. The Morgan fingerprint density at radius 1 is 1.00 bits per heavy atom. The lowest BCUT2D eigenvalue weighted by Crippen LogP contribution is -2.50. The van der Waals surface area contributed by atoms with Crippen LogP contribution in [0.1, 0.15) is 66.9 Å². The number of nitrogens with zero attached hydrogens (tertiary/aromatic N) is 3. The van der Waals surface area contributed by atoms with Gasteiger partial charge in [0.2, 0.25) is 5.43 Å². The molecule has 0 spiro atoms. The zero-order valence-electron chi connectivity index (χ0n) is 20.9. The third-order valence-corrected chi connectivity index (χ3v) is 5.74. The van der Waals surface area contributed by atoms with Crippen LogP contribution in [0.4, 0.5) is 0 Å². The summed E-state index contributed by atoms with van der Waals surface area (Å²) >= 11 is 0. The quantitative estimate of drug-likeness (QED) is 0.711. The molecule has 0 radical (unpaired) electrons. The van der Waals surface area contributed by atoms with E-state index in [0.717, 1.165) is 25.2 Å². The zero-order valence-corrected chi connectivity index (χ0v) is 20.9. The van der Waals surface area contributed by atoms with Gasteiger partial charge in [-0.3, -0.25) is 19.3 Å². The summed E-state index contributed by atoms with van der Waals surface area (Å²) in [5, 5.41) is 2.83. The summed E-state index contributed by atoms with van der Waals surface area (Å²) in [6.45, 7) is 12.8. The van der Waals surface area contributed by atoms with Crippen LogP contribution < -0.4 is 10.7 Å². The molecule has 7 heteroatoms. The van der Waals surface area contributed by atoms with Gasteiger partial charge in [0.1, 0.15) is 11.1 Å². The van der Waals surface area contributed by atoms with Gasteiger partial charge >= 0.3 is 0 Å². The molecule has 2 heterocycles. The fourth-order valence-electron chi connectivity index (χ4n) is 3.82. The smallest absolute Gasteiger partial charge is 0.259 e.